The first-order chi connectivity index (χ1) is 39.5. The van der Waals surface area contributed by atoms with E-state index in [4.69, 9.17) is 114 Å². The highest BCUT2D eigenvalue weighted by Gasteiger charge is 2.15. The number of nitrogens with one attached hydrogen (secondary N) is 1. The number of carbonyl (C=O) groups is 1. The molecule has 0 heterocycles. The van der Waals surface area contributed by atoms with Gasteiger partial charge in [-0.15, -0.1) is 0 Å². The summed E-state index contributed by atoms with van der Waals surface area (Å²) in [5.74, 6) is 0. The average molecular weight is 1240 g/mol. The van der Waals surface area contributed by atoms with Crippen LogP contribution in [0.2, 0.25) is 0 Å². The third-order valence-electron chi connectivity index (χ3n) is 9.32. The molecule has 26 nitrogen and oxygen atoms in total. The number of carbonyl (C=O) groups excluding carboxylic acids is 1. The largest absolute Gasteiger partial charge is 0.444 e. The first-order valence-electron chi connectivity index (χ1n) is 28.3. The Morgan fingerprint density at radius 3 is 0.487 bits per heavy atom. The molecule has 0 fully saturated rings. The van der Waals surface area contributed by atoms with Gasteiger partial charge in [-0.1, -0.05) is 15.9 Å². The second-order valence-corrected chi connectivity index (χ2v) is 18.0. The molecular formula is C53H106BrNO25. The van der Waals surface area contributed by atoms with Crippen LogP contribution in [0.4, 0.5) is 4.79 Å². The number of hydrogen-bond acceptors (Lipinski definition) is 25. The Kier molecular flexibility index (Phi) is 69.3. The molecule has 0 saturated heterocycles. The van der Waals surface area contributed by atoms with E-state index in [1.165, 1.54) is 0 Å². The number of rotatable bonds is 71. The predicted octanol–water partition coefficient (Wildman–Crippen LogP) is 2.29. The van der Waals surface area contributed by atoms with E-state index in [-0.39, 0.29) is 0 Å². The molecule has 0 aromatic heterocycles. The first-order valence-corrected chi connectivity index (χ1v) is 29.4. The number of alkyl carbamates (subject to hydrolysis) is 1. The summed E-state index contributed by atoms with van der Waals surface area (Å²) in [5, 5.41) is 3.46. The van der Waals surface area contributed by atoms with Crippen molar-refractivity contribution in [3.05, 3.63) is 0 Å². The summed E-state index contributed by atoms with van der Waals surface area (Å²) in [4.78, 5) is 11.5. The third-order valence-corrected chi connectivity index (χ3v) is 9.64. The molecule has 0 rings (SSSR count). The molecule has 0 bridgehead atoms. The van der Waals surface area contributed by atoms with Gasteiger partial charge < -0.3 is 119 Å². The van der Waals surface area contributed by atoms with Crippen LogP contribution in [-0.2, 0) is 114 Å². The maximum Gasteiger partial charge on any atom is 0.407 e. The van der Waals surface area contributed by atoms with Crippen LogP contribution in [0.5, 0.6) is 0 Å². The molecule has 0 aliphatic rings. The van der Waals surface area contributed by atoms with E-state index >= 15 is 0 Å². The van der Waals surface area contributed by atoms with Crippen LogP contribution in [0.25, 0.3) is 0 Å². The van der Waals surface area contributed by atoms with Crippen LogP contribution in [-0.4, -0.2) is 327 Å². The summed E-state index contributed by atoms with van der Waals surface area (Å²) in [6, 6.07) is 0. The monoisotopic (exact) mass is 1240 g/mol. The van der Waals surface area contributed by atoms with Gasteiger partial charge in [0.15, 0.2) is 0 Å². The van der Waals surface area contributed by atoms with E-state index in [2.05, 4.69) is 21.2 Å². The zero-order chi connectivity index (χ0) is 57.7. The molecule has 0 atom stereocenters. The van der Waals surface area contributed by atoms with Gasteiger partial charge in [0.2, 0.25) is 0 Å². The lowest BCUT2D eigenvalue weighted by molar-refractivity contribution is -0.0318. The standard InChI is InChI=1S/C53H106BrNO25/c1-53(2,3)80-52(56)55-5-7-58-9-11-60-13-15-62-17-19-64-21-23-66-25-27-68-29-31-70-33-35-72-37-39-74-41-43-76-45-47-78-49-51-79-50-48-77-46-44-75-42-40-73-38-36-71-34-32-69-30-28-67-26-24-65-22-20-63-18-16-61-14-12-59-10-8-57-6-4-54/h4-51H2,1-3H3,(H,55,56). The zero-order valence-electron chi connectivity index (χ0n) is 49.0. The van der Waals surface area contributed by atoms with Crippen molar-refractivity contribution in [3.63, 3.8) is 0 Å². The number of alkyl halides is 1. The van der Waals surface area contributed by atoms with E-state index in [1.807, 2.05) is 20.8 Å². The number of hydrogen-bond donors (Lipinski definition) is 1. The molecule has 80 heavy (non-hydrogen) atoms. The predicted molar refractivity (Wildman–Crippen MR) is 297 cm³/mol. The van der Waals surface area contributed by atoms with Crippen LogP contribution in [0, 0.1) is 0 Å². The second-order valence-electron chi connectivity index (χ2n) is 17.2. The summed E-state index contributed by atoms with van der Waals surface area (Å²) >= 11 is 3.30. The van der Waals surface area contributed by atoms with E-state index < -0.39 is 11.7 Å². The average Bonchev–Trinajstić information content (AvgIpc) is 3.44. The van der Waals surface area contributed by atoms with E-state index in [1.54, 1.807) is 0 Å². The number of halogens is 1. The lowest BCUT2D eigenvalue weighted by Crippen LogP contribution is -2.34. The molecule has 0 unspecified atom stereocenters. The van der Waals surface area contributed by atoms with E-state index in [9.17, 15) is 4.79 Å². The van der Waals surface area contributed by atoms with Crippen LogP contribution < -0.4 is 5.32 Å². The number of amides is 1. The van der Waals surface area contributed by atoms with Gasteiger partial charge in [-0.25, -0.2) is 4.79 Å². The normalized spacial score (nSPS) is 11.8. The van der Waals surface area contributed by atoms with Gasteiger partial charge in [-0.05, 0) is 20.8 Å². The number of ether oxygens (including phenoxy) is 24. The summed E-state index contributed by atoms with van der Waals surface area (Å²) in [6.45, 7) is 28.5. The van der Waals surface area contributed by atoms with Gasteiger partial charge in [-0.3, -0.25) is 0 Å². The Bertz CT molecular complexity index is 1160. The summed E-state index contributed by atoms with van der Waals surface area (Å²) in [7, 11) is 0. The van der Waals surface area contributed by atoms with Crippen molar-refractivity contribution in [2.24, 2.45) is 0 Å². The SMILES string of the molecule is CC(C)(C)OC(=O)NCCOCCOCCOCCOCCOCCOCCOCCOCCOCCOCCOCCOCCOCCOCCOCCOCCOCCOCCOCCOCCOCCOCCOCCBr. The molecule has 0 aromatic carbocycles. The third kappa shape index (κ3) is 74.8. The minimum atomic E-state index is -0.521. The van der Waals surface area contributed by atoms with Crippen LogP contribution >= 0.6 is 15.9 Å². The quantitative estimate of drug-likeness (QED) is 0.0678. The molecule has 0 aliphatic carbocycles. The fourth-order valence-corrected chi connectivity index (χ4v) is 5.76. The van der Waals surface area contributed by atoms with Crippen LogP contribution in [0.15, 0.2) is 0 Å². The van der Waals surface area contributed by atoms with Gasteiger partial charge >= 0.3 is 6.09 Å². The molecule has 1 amide bonds. The molecule has 1 N–H and O–H groups in total. The fourth-order valence-electron chi connectivity index (χ4n) is 5.53. The van der Waals surface area contributed by atoms with Crippen molar-refractivity contribution in [1.29, 1.82) is 0 Å². The molecule has 27 heteroatoms. The Morgan fingerprint density at radius 2 is 0.362 bits per heavy atom. The van der Waals surface area contributed by atoms with Gasteiger partial charge in [0.1, 0.15) is 5.60 Å². The van der Waals surface area contributed by atoms with Gasteiger partial charge in [0, 0.05) is 11.9 Å². The van der Waals surface area contributed by atoms with Gasteiger partial charge in [0.25, 0.3) is 0 Å². The molecule has 0 aliphatic heterocycles. The highest BCUT2D eigenvalue weighted by Crippen LogP contribution is 2.06. The summed E-state index contributed by atoms with van der Waals surface area (Å²) in [5.41, 5.74) is -0.521. The highest BCUT2D eigenvalue weighted by molar-refractivity contribution is 9.09. The molecule has 0 radical (unpaired) electrons. The minimum absolute atomic E-state index is 0.375. The maximum atomic E-state index is 11.5. The van der Waals surface area contributed by atoms with Crippen molar-refractivity contribution < 1.29 is 118 Å². The van der Waals surface area contributed by atoms with Crippen molar-refractivity contribution in [2.45, 2.75) is 26.4 Å². The highest BCUT2D eigenvalue weighted by atomic mass is 79.9. The van der Waals surface area contributed by atoms with Crippen molar-refractivity contribution in [1.82, 2.24) is 5.32 Å². The fraction of sp³-hybridized carbons (Fsp3) is 0.981. The van der Waals surface area contributed by atoms with E-state index in [0.29, 0.717) is 310 Å². The molecule has 0 aromatic rings. The molecule has 0 spiro atoms. The second kappa shape index (κ2) is 70.3. The summed E-state index contributed by atoms with van der Waals surface area (Å²) in [6.07, 6.45) is -0.458. The Labute approximate surface area is 486 Å². The van der Waals surface area contributed by atoms with Crippen molar-refractivity contribution in [3.8, 4) is 0 Å². The maximum absolute atomic E-state index is 11.5. The lowest BCUT2D eigenvalue weighted by Gasteiger charge is -2.19. The van der Waals surface area contributed by atoms with Crippen molar-refractivity contribution in [2.75, 3.05) is 316 Å². The van der Waals surface area contributed by atoms with Crippen molar-refractivity contribution >= 4 is 22.0 Å². The van der Waals surface area contributed by atoms with Crippen LogP contribution in [0.3, 0.4) is 0 Å². The molecule has 480 valence electrons. The first kappa shape index (κ1) is 78.8. The lowest BCUT2D eigenvalue weighted by atomic mass is 10.2. The van der Waals surface area contributed by atoms with E-state index in [0.717, 1.165) is 5.33 Å². The van der Waals surface area contributed by atoms with Gasteiger partial charge in [0.05, 0.1) is 304 Å². The Morgan fingerprint density at radius 1 is 0.237 bits per heavy atom. The summed E-state index contributed by atoms with van der Waals surface area (Å²) < 4.78 is 131. The molecular weight excluding hydrogens is 1130 g/mol. The zero-order valence-corrected chi connectivity index (χ0v) is 50.6. The van der Waals surface area contributed by atoms with Gasteiger partial charge in [-0.2, -0.15) is 0 Å². The van der Waals surface area contributed by atoms with Crippen LogP contribution in [0.1, 0.15) is 20.8 Å². The smallest absolute Gasteiger partial charge is 0.407 e. The Balaban J connectivity index is 3.10. The Hall–Kier alpha value is -1.17. The topological polar surface area (TPSA) is 251 Å². The minimum Gasteiger partial charge on any atom is -0.444 e. The molecule has 0 saturated carbocycles.